The van der Waals surface area contributed by atoms with E-state index in [0.29, 0.717) is 29.7 Å². The smallest absolute Gasteiger partial charge is 0.267 e. The zero-order valence-electron chi connectivity index (χ0n) is 15.3. The zero-order chi connectivity index (χ0) is 19.0. The molecule has 0 atom stereocenters. The van der Waals surface area contributed by atoms with E-state index in [1.807, 2.05) is 18.2 Å². The van der Waals surface area contributed by atoms with E-state index in [1.165, 1.54) is 18.0 Å². The molecule has 27 heavy (non-hydrogen) atoms. The molecule has 1 aromatic heterocycles. The summed E-state index contributed by atoms with van der Waals surface area (Å²) >= 11 is 1.54. The summed E-state index contributed by atoms with van der Waals surface area (Å²) in [6.07, 6.45) is 3.30. The van der Waals surface area contributed by atoms with Gasteiger partial charge in [0, 0.05) is 30.1 Å². The number of benzene rings is 1. The fourth-order valence-electron chi connectivity index (χ4n) is 3.26. The van der Waals surface area contributed by atoms with Gasteiger partial charge in [0.1, 0.15) is 17.1 Å². The highest BCUT2D eigenvalue weighted by molar-refractivity contribution is 7.99. The first-order chi connectivity index (χ1) is 13.1. The van der Waals surface area contributed by atoms with E-state index in [4.69, 9.17) is 9.47 Å². The molecule has 0 spiro atoms. The number of rotatable bonds is 6. The number of hydrogen-bond acceptors (Lipinski definition) is 6. The molecule has 0 saturated heterocycles. The molecule has 1 fully saturated rings. The number of fused-ring (bicyclic) bond motifs is 1. The third-order valence-electron chi connectivity index (χ3n) is 4.86. The minimum atomic E-state index is -0.271. The summed E-state index contributed by atoms with van der Waals surface area (Å²) in [6, 6.07) is 5.65. The van der Waals surface area contributed by atoms with Crippen LogP contribution < -0.4 is 15.0 Å². The largest absolute Gasteiger partial charge is 0.497 e. The van der Waals surface area contributed by atoms with Crippen LogP contribution in [0, 0.1) is 0 Å². The minimum absolute atomic E-state index is 0.134. The molecule has 4 rings (SSSR count). The summed E-state index contributed by atoms with van der Waals surface area (Å²) in [5, 5.41) is 0.684. The van der Waals surface area contributed by atoms with Gasteiger partial charge in [-0.25, -0.2) is 4.98 Å². The Bertz CT molecular complexity index is 939. The van der Waals surface area contributed by atoms with Crippen molar-refractivity contribution in [1.29, 1.82) is 0 Å². The van der Waals surface area contributed by atoms with Gasteiger partial charge in [0.05, 0.1) is 20.8 Å². The number of aromatic nitrogens is 2. The molecule has 0 N–H and O–H groups in total. The molecular weight excluding hydrogens is 366 g/mol. The summed E-state index contributed by atoms with van der Waals surface area (Å²) in [4.78, 5) is 32.0. The highest BCUT2D eigenvalue weighted by Crippen LogP contribution is 2.33. The van der Waals surface area contributed by atoms with Gasteiger partial charge in [0.25, 0.3) is 11.5 Å². The molecule has 0 bridgehead atoms. The van der Waals surface area contributed by atoms with E-state index in [0.717, 1.165) is 24.2 Å². The summed E-state index contributed by atoms with van der Waals surface area (Å²) in [5.74, 6) is 1.93. The van der Waals surface area contributed by atoms with Gasteiger partial charge in [0.15, 0.2) is 5.16 Å². The fourth-order valence-corrected chi connectivity index (χ4v) is 4.17. The molecule has 2 aromatic rings. The van der Waals surface area contributed by atoms with Gasteiger partial charge in [0.2, 0.25) is 0 Å². The van der Waals surface area contributed by atoms with Crippen molar-refractivity contribution >= 4 is 17.7 Å². The highest BCUT2D eigenvalue weighted by atomic mass is 32.2. The maximum atomic E-state index is 13.2. The topological polar surface area (TPSA) is 73.7 Å². The standard InChI is InChI=1S/C19H21N3O4S/c1-25-14-5-6-16(26-2)12(9-14)11-22(13-3-4-13)18(24)15-10-20-19-21(17(15)23)7-8-27-19/h5-6,9-10,13H,3-4,7-8,11H2,1-2H3. The monoisotopic (exact) mass is 387 g/mol. The predicted octanol–water partition coefficient (Wildman–Crippen LogP) is 2.17. The Kier molecular flexibility index (Phi) is 4.82. The van der Waals surface area contributed by atoms with Crippen LogP contribution in [0.2, 0.25) is 0 Å². The molecule has 1 aliphatic carbocycles. The average molecular weight is 387 g/mol. The van der Waals surface area contributed by atoms with Crippen molar-refractivity contribution in [2.75, 3.05) is 20.0 Å². The maximum Gasteiger partial charge on any atom is 0.267 e. The number of hydrogen-bond donors (Lipinski definition) is 0. The molecule has 2 aliphatic rings. The van der Waals surface area contributed by atoms with Crippen LogP contribution in [0.5, 0.6) is 11.5 Å². The van der Waals surface area contributed by atoms with Gasteiger partial charge in [-0.15, -0.1) is 0 Å². The second kappa shape index (κ2) is 7.26. The van der Waals surface area contributed by atoms with Gasteiger partial charge in [-0.05, 0) is 31.0 Å². The third kappa shape index (κ3) is 3.41. The van der Waals surface area contributed by atoms with Gasteiger partial charge in [-0.2, -0.15) is 0 Å². The first kappa shape index (κ1) is 17.9. The van der Waals surface area contributed by atoms with Crippen LogP contribution in [0.4, 0.5) is 0 Å². The summed E-state index contributed by atoms with van der Waals surface area (Å²) in [7, 11) is 3.20. The molecule has 142 valence electrons. The zero-order valence-corrected chi connectivity index (χ0v) is 16.1. The number of nitrogens with zero attached hydrogens (tertiary/aromatic N) is 3. The first-order valence-electron chi connectivity index (χ1n) is 8.87. The normalized spacial score (nSPS) is 15.3. The van der Waals surface area contributed by atoms with E-state index >= 15 is 0 Å². The van der Waals surface area contributed by atoms with Gasteiger partial charge in [-0.3, -0.25) is 14.2 Å². The average Bonchev–Trinajstić information content (AvgIpc) is 3.41. The number of carbonyl (C=O) groups excluding carboxylic acids is 1. The molecule has 8 heteroatoms. The van der Waals surface area contributed by atoms with Crippen molar-refractivity contribution in [1.82, 2.24) is 14.5 Å². The van der Waals surface area contributed by atoms with Gasteiger partial charge < -0.3 is 14.4 Å². The lowest BCUT2D eigenvalue weighted by Crippen LogP contribution is -2.38. The van der Waals surface area contributed by atoms with Crippen LogP contribution >= 0.6 is 11.8 Å². The number of methoxy groups -OCH3 is 2. The SMILES string of the molecule is COc1ccc(OC)c(CN(C(=O)c2cnc3n(c2=O)CCS3)C2CC2)c1. The van der Waals surface area contributed by atoms with Crippen LogP contribution in [-0.4, -0.2) is 46.4 Å². The number of amides is 1. The second-order valence-electron chi connectivity index (χ2n) is 6.60. The van der Waals surface area contributed by atoms with E-state index in [1.54, 1.807) is 23.7 Å². The van der Waals surface area contributed by atoms with Crippen molar-refractivity contribution < 1.29 is 14.3 Å². The van der Waals surface area contributed by atoms with Crippen LogP contribution in [0.15, 0.2) is 34.3 Å². The molecule has 1 aliphatic heterocycles. The van der Waals surface area contributed by atoms with E-state index < -0.39 is 0 Å². The Morgan fingerprint density at radius 1 is 1.33 bits per heavy atom. The highest BCUT2D eigenvalue weighted by Gasteiger charge is 2.35. The summed E-state index contributed by atoms with van der Waals surface area (Å²) in [5.41, 5.74) is 0.732. The molecule has 1 saturated carbocycles. The number of thioether (sulfide) groups is 1. The Balaban J connectivity index is 1.67. The number of carbonyl (C=O) groups is 1. The third-order valence-corrected chi connectivity index (χ3v) is 5.83. The van der Waals surface area contributed by atoms with E-state index in [-0.39, 0.29) is 23.1 Å². The minimum Gasteiger partial charge on any atom is -0.497 e. The Morgan fingerprint density at radius 2 is 2.15 bits per heavy atom. The van der Waals surface area contributed by atoms with Crippen molar-refractivity contribution in [3.8, 4) is 11.5 Å². The molecule has 1 amide bonds. The lowest BCUT2D eigenvalue weighted by atomic mass is 10.1. The van der Waals surface area contributed by atoms with Crippen molar-refractivity contribution in [3.63, 3.8) is 0 Å². The number of ether oxygens (including phenoxy) is 2. The maximum absolute atomic E-state index is 13.2. The van der Waals surface area contributed by atoms with Crippen molar-refractivity contribution in [2.24, 2.45) is 0 Å². The van der Waals surface area contributed by atoms with Crippen molar-refractivity contribution in [2.45, 2.75) is 37.1 Å². The quantitative estimate of drug-likeness (QED) is 0.708. The lowest BCUT2D eigenvalue weighted by Gasteiger charge is -2.24. The molecule has 7 nitrogen and oxygen atoms in total. The van der Waals surface area contributed by atoms with Gasteiger partial charge >= 0.3 is 0 Å². The Hall–Kier alpha value is -2.48. The summed E-state index contributed by atoms with van der Waals surface area (Å²) < 4.78 is 12.3. The second-order valence-corrected chi connectivity index (χ2v) is 7.66. The van der Waals surface area contributed by atoms with Crippen LogP contribution in [0.3, 0.4) is 0 Å². The van der Waals surface area contributed by atoms with Crippen molar-refractivity contribution in [3.05, 3.63) is 45.9 Å². The molecule has 1 aromatic carbocycles. The Morgan fingerprint density at radius 3 is 2.85 bits per heavy atom. The van der Waals surface area contributed by atoms with E-state index in [2.05, 4.69) is 4.98 Å². The molecular formula is C19H21N3O4S. The van der Waals surface area contributed by atoms with E-state index in [9.17, 15) is 9.59 Å². The fraction of sp³-hybridized carbons (Fsp3) is 0.421. The molecule has 2 heterocycles. The van der Waals surface area contributed by atoms with Crippen LogP contribution in [0.1, 0.15) is 28.8 Å². The van der Waals surface area contributed by atoms with Crippen LogP contribution in [0.25, 0.3) is 0 Å². The lowest BCUT2D eigenvalue weighted by molar-refractivity contribution is 0.0725. The first-order valence-corrected chi connectivity index (χ1v) is 9.85. The summed E-state index contributed by atoms with van der Waals surface area (Å²) in [6.45, 7) is 0.958. The molecule has 0 unspecified atom stereocenters. The Labute approximate surface area is 161 Å². The molecule has 0 radical (unpaired) electrons. The predicted molar refractivity (Wildman–Crippen MR) is 102 cm³/mol. The van der Waals surface area contributed by atoms with Crippen LogP contribution in [-0.2, 0) is 13.1 Å². The van der Waals surface area contributed by atoms with Gasteiger partial charge in [-0.1, -0.05) is 11.8 Å².